The Labute approximate surface area is 197 Å². The molecule has 0 radical (unpaired) electrons. The van der Waals surface area contributed by atoms with Crippen molar-refractivity contribution in [2.45, 2.75) is 13.3 Å². The lowest BCUT2D eigenvalue weighted by molar-refractivity contribution is 0.0600. The number of amides is 1. The first-order valence-electron chi connectivity index (χ1n) is 11.0. The van der Waals surface area contributed by atoms with E-state index in [0.29, 0.717) is 40.2 Å². The summed E-state index contributed by atoms with van der Waals surface area (Å²) in [6.45, 7) is 2.59. The third-order valence-electron chi connectivity index (χ3n) is 5.39. The van der Waals surface area contributed by atoms with E-state index in [1.54, 1.807) is 42.5 Å². The van der Waals surface area contributed by atoms with E-state index in [-0.39, 0.29) is 11.8 Å². The Morgan fingerprint density at radius 2 is 1.68 bits per heavy atom. The van der Waals surface area contributed by atoms with E-state index in [1.807, 2.05) is 37.3 Å². The number of aromatic amines is 1. The summed E-state index contributed by atoms with van der Waals surface area (Å²) >= 11 is 0. The minimum atomic E-state index is -0.424. The van der Waals surface area contributed by atoms with E-state index in [4.69, 9.17) is 9.73 Å². The van der Waals surface area contributed by atoms with Crippen molar-refractivity contribution < 1.29 is 19.4 Å². The molecule has 34 heavy (non-hydrogen) atoms. The molecule has 0 aliphatic rings. The summed E-state index contributed by atoms with van der Waals surface area (Å²) in [5.74, 6) is -0.635. The van der Waals surface area contributed by atoms with Gasteiger partial charge in [0.15, 0.2) is 5.88 Å². The first kappa shape index (κ1) is 22.8. The van der Waals surface area contributed by atoms with Crippen LogP contribution in [-0.4, -0.2) is 41.3 Å². The molecular formula is C27H25N3O4. The number of ether oxygens (including phenoxy) is 1. The lowest BCUT2D eigenvalue weighted by Crippen LogP contribution is -2.23. The summed E-state index contributed by atoms with van der Waals surface area (Å²) in [6, 6.07) is 21.5. The van der Waals surface area contributed by atoms with Gasteiger partial charge in [-0.25, -0.2) is 9.79 Å². The first-order chi connectivity index (χ1) is 16.5. The van der Waals surface area contributed by atoms with Crippen LogP contribution in [0.5, 0.6) is 5.88 Å². The van der Waals surface area contributed by atoms with Crippen LogP contribution in [-0.2, 0) is 4.74 Å². The van der Waals surface area contributed by atoms with Crippen molar-refractivity contribution in [2.24, 2.45) is 4.99 Å². The normalized spacial score (nSPS) is 11.4. The molecule has 0 aliphatic heterocycles. The Morgan fingerprint density at radius 3 is 2.35 bits per heavy atom. The van der Waals surface area contributed by atoms with Gasteiger partial charge < -0.3 is 20.1 Å². The largest absolute Gasteiger partial charge is 0.494 e. The summed E-state index contributed by atoms with van der Waals surface area (Å²) in [6.07, 6.45) is 0.846. The fourth-order valence-electron chi connectivity index (χ4n) is 3.68. The van der Waals surface area contributed by atoms with E-state index in [1.165, 1.54) is 7.11 Å². The average molecular weight is 456 g/mol. The molecule has 3 N–H and O–H groups in total. The Kier molecular flexibility index (Phi) is 6.73. The number of methoxy groups -OCH3 is 1. The molecule has 0 aliphatic carbocycles. The van der Waals surface area contributed by atoms with Crippen LogP contribution in [0.15, 0.2) is 77.8 Å². The smallest absolute Gasteiger partial charge is 0.337 e. The monoisotopic (exact) mass is 455 g/mol. The number of H-pyrrole nitrogens is 1. The van der Waals surface area contributed by atoms with Crippen LogP contribution in [0, 0.1) is 0 Å². The first-order valence-corrected chi connectivity index (χ1v) is 11.0. The number of fused-ring (bicyclic) bond motifs is 1. The molecule has 0 unspecified atom stereocenters. The lowest BCUT2D eigenvalue weighted by atomic mass is 10.00. The Bertz CT molecular complexity index is 1360. The second-order valence-electron chi connectivity index (χ2n) is 7.73. The molecule has 1 heterocycles. The molecule has 7 nitrogen and oxygen atoms in total. The van der Waals surface area contributed by atoms with Crippen LogP contribution >= 0.6 is 0 Å². The zero-order valence-electron chi connectivity index (χ0n) is 19.0. The molecule has 4 aromatic rings. The SMILES string of the molecule is CCCNC(=O)c1ccc2c(C(=Nc3ccc(C(=O)OC)cc3)c3ccccc3)c(O)[nH]c2c1. The highest BCUT2D eigenvalue weighted by Gasteiger charge is 2.20. The quantitative estimate of drug-likeness (QED) is 0.270. The van der Waals surface area contributed by atoms with Crippen LogP contribution in [0.1, 0.15) is 45.2 Å². The van der Waals surface area contributed by atoms with Crippen LogP contribution in [0.3, 0.4) is 0 Å². The summed E-state index contributed by atoms with van der Waals surface area (Å²) in [5, 5.41) is 14.5. The van der Waals surface area contributed by atoms with Gasteiger partial charge in [0, 0.05) is 28.6 Å². The fraction of sp³-hybridized carbons (Fsp3) is 0.148. The summed E-state index contributed by atoms with van der Waals surface area (Å²) in [4.78, 5) is 31.9. The van der Waals surface area contributed by atoms with Gasteiger partial charge in [-0.15, -0.1) is 0 Å². The lowest BCUT2D eigenvalue weighted by Gasteiger charge is -2.08. The summed E-state index contributed by atoms with van der Waals surface area (Å²) in [7, 11) is 1.33. The predicted octanol–water partition coefficient (Wildman–Crippen LogP) is 4.97. The molecule has 0 bridgehead atoms. The Morgan fingerprint density at radius 1 is 0.971 bits per heavy atom. The zero-order chi connectivity index (χ0) is 24.1. The second-order valence-corrected chi connectivity index (χ2v) is 7.73. The maximum absolute atomic E-state index is 12.4. The number of aliphatic imine (C=N–C) groups is 1. The number of aromatic hydroxyl groups is 1. The van der Waals surface area contributed by atoms with Crippen molar-refractivity contribution in [1.82, 2.24) is 10.3 Å². The van der Waals surface area contributed by atoms with Crippen LogP contribution in [0.25, 0.3) is 10.9 Å². The van der Waals surface area contributed by atoms with Crippen LogP contribution in [0.4, 0.5) is 5.69 Å². The van der Waals surface area contributed by atoms with Gasteiger partial charge in [0.25, 0.3) is 5.91 Å². The van der Waals surface area contributed by atoms with Gasteiger partial charge in [0.05, 0.1) is 29.6 Å². The molecule has 4 rings (SSSR count). The number of carbonyl (C=O) groups is 2. The minimum absolute atomic E-state index is 0.0464. The van der Waals surface area contributed by atoms with Gasteiger partial charge in [0.1, 0.15) is 0 Å². The molecule has 0 spiro atoms. The molecule has 0 saturated carbocycles. The van der Waals surface area contributed by atoms with E-state index in [0.717, 1.165) is 17.4 Å². The molecule has 172 valence electrons. The Balaban J connectivity index is 1.81. The van der Waals surface area contributed by atoms with E-state index in [2.05, 4.69) is 10.3 Å². The average Bonchev–Trinajstić information content (AvgIpc) is 3.20. The van der Waals surface area contributed by atoms with Gasteiger partial charge in [-0.1, -0.05) is 43.3 Å². The number of esters is 1. The fourth-order valence-corrected chi connectivity index (χ4v) is 3.68. The van der Waals surface area contributed by atoms with Gasteiger partial charge in [-0.2, -0.15) is 0 Å². The third kappa shape index (κ3) is 4.68. The number of carbonyl (C=O) groups excluding carboxylic acids is 2. The van der Waals surface area contributed by atoms with Crippen molar-refractivity contribution in [2.75, 3.05) is 13.7 Å². The van der Waals surface area contributed by atoms with E-state index < -0.39 is 5.97 Å². The molecule has 3 aromatic carbocycles. The van der Waals surface area contributed by atoms with Gasteiger partial charge in [-0.05, 0) is 42.8 Å². The van der Waals surface area contributed by atoms with Crippen molar-refractivity contribution in [3.63, 3.8) is 0 Å². The van der Waals surface area contributed by atoms with Crippen LogP contribution in [0.2, 0.25) is 0 Å². The molecule has 1 amide bonds. The number of nitrogens with one attached hydrogen (secondary N) is 2. The highest BCUT2D eigenvalue weighted by atomic mass is 16.5. The highest BCUT2D eigenvalue weighted by molar-refractivity contribution is 6.22. The topological polar surface area (TPSA) is 104 Å². The van der Waals surface area contributed by atoms with Crippen molar-refractivity contribution in [3.8, 4) is 5.88 Å². The molecule has 0 atom stereocenters. The highest BCUT2D eigenvalue weighted by Crippen LogP contribution is 2.32. The number of benzene rings is 3. The molecular weight excluding hydrogens is 430 g/mol. The maximum atomic E-state index is 12.4. The minimum Gasteiger partial charge on any atom is -0.494 e. The third-order valence-corrected chi connectivity index (χ3v) is 5.39. The second kappa shape index (κ2) is 10.0. The molecule has 7 heteroatoms. The molecule has 0 fully saturated rings. The molecule has 0 saturated heterocycles. The maximum Gasteiger partial charge on any atom is 0.337 e. The number of rotatable bonds is 7. The van der Waals surface area contributed by atoms with Gasteiger partial charge in [0.2, 0.25) is 0 Å². The number of aromatic nitrogens is 1. The summed E-state index contributed by atoms with van der Waals surface area (Å²) < 4.78 is 4.76. The van der Waals surface area contributed by atoms with Gasteiger partial charge >= 0.3 is 5.97 Å². The zero-order valence-corrected chi connectivity index (χ0v) is 19.0. The van der Waals surface area contributed by atoms with Crippen LogP contribution < -0.4 is 5.32 Å². The number of hydrogen-bond acceptors (Lipinski definition) is 5. The molecule has 1 aromatic heterocycles. The predicted molar refractivity (Wildman–Crippen MR) is 132 cm³/mol. The Hall–Kier alpha value is -4.39. The van der Waals surface area contributed by atoms with Gasteiger partial charge in [-0.3, -0.25) is 4.79 Å². The van der Waals surface area contributed by atoms with Crippen molar-refractivity contribution in [3.05, 3.63) is 95.1 Å². The van der Waals surface area contributed by atoms with Crippen molar-refractivity contribution in [1.29, 1.82) is 0 Å². The standard InChI is InChI=1S/C27H25N3O4/c1-3-15-28-25(31)19-11-14-21-22(16-19)30-26(32)23(21)24(17-7-5-4-6-8-17)29-20-12-9-18(10-13-20)27(33)34-2/h4-14,16,30,32H,3,15H2,1-2H3,(H,28,31). The van der Waals surface area contributed by atoms with E-state index >= 15 is 0 Å². The summed E-state index contributed by atoms with van der Waals surface area (Å²) in [5.41, 5.74) is 4.05. The number of hydrogen-bond donors (Lipinski definition) is 3. The number of nitrogens with zero attached hydrogens (tertiary/aromatic N) is 1. The van der Waals surface area contributed by atoms with Crippen molar-refractivity contribution >= 4 is 34.2 Å². The van der Waals surface area contributed by atoms with E-state index in [9.17, 15) is 14.7 Å².